The summed E-state index contributed by atoms with van der Waals surface area (Å²) >= 11 is 12.2. The third kappa shape index (κ3) is 3.44. The van der Waals surface area contributed by atoms with Crippen LogP contribution in [0.2, 0.25) is 10.0 Å². The molecule has 8 heteroatoms. The molecule has 6 nitrogen and oxygen atoms in total. The molecule has 0 atom stereocenters. The number of rotatable bonds is 3. The lowest BCUT2D eigenvalue weighted by Gasteiger charge is -2.31. The Morgan fingerprint density at radius 1 is 1.33 bits per heavy atom. The second-order valence-corrected chi connectivity index (χ2v) is 7.21. The third-order valence-corrected chi connectivity index (χ3v) is 4.42. The van der Waals surface area contributed by atoms with Gasteiger partial charge in [-0.25, -0.2) is 9.48 Å². The first-order chi connectivity index (χ1) is 11.0. The molecule has 1 aromatic carbocycles. The van der Waals surface area contributed by atoms with E-state index < -0.39 is 11.6 Å². The number of amides is 1. The molecule has 0 saturated heterocycles. The summed E-state index contributed by atoms with van der Waals surface area (Å²) < 4.78 is 1.24. The largest absolute Gasteiger partial charge is 0.493 e. The fourth-order valence-electron chi connectivity index (χ4n) is 2.45. The monoisotopic (exact) mass is 371 g/mol. The van der Waals surface area contributed by atoms with Gasteiger partial charge in [-0.15, -0.1) is 0 Å². The first-order valence-electron chi connectivity index (χ1n) is 7.25. The maximum absolute atomic E-state index is 11.7. The fraction of sp³-hybridized carbons (Fsp3) is 0.375. The zero-order valence-electron chi connectivity index (χ0n) is 13.8. The van der Waals surface area contributed by atoms with E-state index in [4.69, 9.17) is 23.2 Å². The molecular weight excluding hydrogens is 353 g/mol. The summed E-state index contributed by atoms with van der Waals surface area (Å²) in [5.41, 5.74) is 0.312. The van der Waals surface area contributed by atoms with E-state index >= 15 is 0 Å². The van der Waals surface area contributed by atoms with Crippen molar-refractivity contribution in [1.29, 1.82) is 0 Å². The minimum absolute atomic E-state index is 0.114. The molecule has 0 fully saturated rings. The normalized spacial score (nSPS) is 11.6. The molecule has 2 aromatic rings. The lowest BCUT2D eigenvalue weighted by molar-refractivity contribution is 0.195. The summed E-state index contributed by atoms with van der Waals surface area (Å²) in [6.07, 6.45) is -0.951. The average molecular weight is 372 g/mol. The van der Waals surface area contributed by atoms with Gasteiger partial charge in [0.1, 0.15) is 0 Å². The number of aromatic nitrogens is 2. The molecule has 0 spiro atoms. The van der Waals surface area contributed by atoms with Crippen LogP contribution in [0.15, 0.2) is 18.2 Å². The number of aromatic hydroxyl groups is 1. The van der Waals surface area contributed by atoms with Crippen molar-refractivity contribution in [2.45, 2.75) is 32.7 Å². The Morgan fingerprint density at radius 3 is 2.50 bits per heavy atom. The Bertz CT molecular complexity index is 782. The minimum Gasteiger partial charge on any atom is -0.493 e. The standard InChI is InChI=1S/C16H19Cl2N3O3/c1-16(2,3)21(15(23)24)13-10(14(22)20(4)19-13)8-9-6-5-7-11(17)12(9)18/h5-7,22H,8H2,1-4H3,(H,23,24). The number of anilines is 1. The Kier molecular flexibility index (Phi) is 5.01. The topological polar surface area (TPSA) is 78.6 Å². The molecule has 0 bridgehead atoms. The van der Waals surface area contributed by atoms with Crippen LogP contribution >= 0.6 is 23.2 Å². The van der Waals surface area contributed by atoms with Crippen LogP contribution in [0.25, 0.3) is 0 Å². The summed E-state index contributed by atoms with van der Waals surface area (Å²) in [4.78, 5) is 12.9. The number of halogens is 2. The Labute approximate surface area is 150 Å². The van der Waals surface area contributed by atoms with E-state index in [0.717, 1.165) is 4.90 Å². The van der Waals surface area contributed by atoms with E-state index in [2.05, 4.69) is 5.10 Å². The van der Waals surface area contributed by atoms with Crippen LogP contribution in [0.1, 0.15) is 31.9 Å². The van der Waals surface area contributed by atoms with Crippen molar-refractivity contribution in [3.8, 4) is 5.88 Å². The number of carboxylic acid groups (broad SMARTS) is 1. The van der Waals surface area contributed by atoms with Gasteiger partial charge in [-0.2, -0.15) is 5.10 Å². The molecule has 1 aromatic heterocycles. The molecule has 130 valence electrons. The van der Waals surface area contributed by atoms with Gasteiger partial charge >= 0.3 is 6.09 Å². The van der Waals surface area contributed by atoms with Gasteiger partial charge < -0.3 is 10.2 Å². The SMILES string of the molecule is Cn1nc(N(C(=O)O)C(C)(C)C)c(Cc2cccc(Cl)c2Cl)c1O. The van der Waals surface area contributed by atoms with Gasteiger partial charge in [0.15, 0.2) is 5.82 Å². The van der Waals surface area contributed by atoms with Gasteiger partial charge in [0.05, 0.1) is 15.6 Å². The van der Waals surface area contributed by atoms with Gasteiger partial charge in [0.2, 0.25) is 5.88 Å². The predicted octanol–water partition coefficient (Wildman–Crippen LogP) is 4.31. The van der Waals surface area contributed by atoms with Crippen molar-refractivity contribution in [2.24, 2.45) is 7.05 Å². The predicted molar refractivity (Wildman–Crippen MR) is 94.4 cm³/mol. The minimum atomic E-state index is -1.15. The van der Waals surface area contributed by atoms with Gasteiger partial charge in [0, 0.05) is 19.0 Å². The molecule has 1 amide bonds. The van der Waals surface area contributed by atoms with E-state index in [1.807, 2.05) is 0 Å². The molecule has 0 aliphatic heterocycles. The average Bonchev–Trinajstić information content (AvgIpc) is 2.70. The van der Waals surface area contributed by atoms with Crippen molar-refractivity contribution in [3.63, 3.8) is 0 Å². The van der Waals surface area contributed by atoms with E-state index in [1.165, 1.54) is 4.68 Å². The summed E-state index contributed by atoms with van der Waals surface area (Å²) in [6, 6.07) is 5.18. The lowest BCUT2D eigenvalue weighted by atomic mass is 10.0. The first-order valence-corrected chi connectivity index (χ1v) is 8.00. The molecule has 1 heterocycles. The molecule has 0 unspecified atom stereocenters. The molecule has 0 radical (unpaired) electrons. The van der Waals surface area contributed by atoms with Crippen LogP contribution in [-0.2, 0) is 13.5 Å². The second kappa shape index (κ2) is 6.53. The molecule has 24 heavy (non-hydrogen) atoms. The van der Waals surface area contributed by atoms with Crippen LogP contribution in [-0.4, -0.2) is 31.6 Å². The van der Waals surface area contributed by atoms with E-state index in [9.17, 15) is 15.0 Å². The fourth-order valence-corrected chi connectivity index (χ4v) is 2.84. The van der Waals surface area contributed by atoms with Gasteiger partial charge in [-0.1, -0.05) is 35.3 Å². The molecule has 0 aliphatic carbocycles. The zero-order chi connectivity index (χ0) is 18.2. The number of carbonyl (C=O) groups is 1. The highest BCUT2D eigenvalue weighted by Crippen LogP contribution is 2.36. The third-order valence-electron chi connectivity index (χ3n) is 3.56. The van der Waals surface area contributed by atoms with Crippen LogP contribution in [0.5, 0.6) is 5.88 Å². The van der Waals surface area contributed by atoms with Crippen LogP contribution in [0.3, 0.4) is 0 Å². The lowest BCUT2D eigenvalue weighted by Crippen LogP contribution is -2.46. The molecule has 0 aliphatic rings. The highest BCUT2D eigenvalue weighted by Gasteiger charge is 2.34. The van der Waals surface area contributed by atoms with Crippen molar-refractivity contribution < 1.29 is 15.0 Å². The number of benzene rings is 1. The highest BCUT2D eigenvalue weighted by molar-refractivity contribution is 6.42. The molecule has 2 rings (SSSR count). The number of aryl methyl sites for hydroxylation is 1. The van der Waals surface area contributed by atoms with Gasteiger partial charge in [-0.05, 0) is 32.4 Å². The molecular formula is C16H19Cl2N3O3. The first kappa shape index (κ1) is 18.4. The summed E-state index contributed by atoms with van der Waals surface area (Å²) in [7, 11) is 1.55. The second-order valence-electron chi connectivity index (χ2n) is 6.43. The van der Waals surface area contributed by atoms with Crippen molar-refractivity contribution in [3.05, 3.63) is 39.4 Å². The van der Waals surface area contributed by atoms with Crippen molar-refractivity contribution >= 4 is 35.1 Å². The Hall–Kier alpha value is -1.92. The maximum atomic E-state index is 11.7. The molecule has 2 N–H and O–H groups in total. The summed E-state index contributed by atoms with van der Waals surface area (Å²) in [6.45, 7) is 5.26. The summed E-state index contributed by atoms with van der Waals surface area (Å²) in [5.74, 6) is 0.0579. The Morgan fingerprint density at radius 2 is 1.96 bits per heavy atom. The Balaban J connectivity index is 2.59. The number of nitrogens with zero attached hydrogens (tertiary/aromatic N) is 3. The maximum Gasteiger partial charge on any atom is 0.413 e. The van der Waals surface area contributed by atoms with E-state index in [-0.39, 0.29) is 18.1 Å². The van der Waals surface area contributed by atoms with Crippen molar-refractivity contribution in [1.82, 2.24) is 9.78 Å². The number of hydrogen-bond acceptors (Lipinski definition) is 3. The summed E-state index contributed by atoms with van der Waals surface area (Å²) in [5, 5.41) is 24.9. The van der Waals surface area contributed by atoms with Gasteiger partial charge in [0.25, 0.3) is 0 Å². The number of hydrogen-bond donors (Lipinski definition) is 2. The van der Waals surface area contributed by atoms with Crippen LogP contribution in [0.4, 0.5) is 10.6 Å². The smallest absolute Gasteiger partial charge is 0.413 e. The van der Waals surface area contributed by atoms with Crippen LogP contribution in [0, 0.1) is 0 Å². The van der Waals surface area contributed by atoms with Crippen LogP contribution < -0.4 is 4.90 Å². The highest BCUT2D eigenvalue weighted by atomic mass is 35.5. The molecule has 0 saturated carbocycles. The van der Waals surface area contributed by atoms with Gasteiger partial charge in [-0.3, -0.25) is 4.90 Å². The van der Waals surface area contributed by atoms with E-state index in [1.54, 1.807) is 46.0 Å². The quantitative estimate of drug-likeness (QED) is 0.842. The van der Waals surface area contributed by atoms with E-state index in [0.29, 0.717) is 21.2 Å². The zero-order valence-corrected chi connectivity index (χ0v) is 15.4. The van der Waals surface area contributed by atoms with Crippen molar-refractivity contribution in [2.75, 3.05) is 4.90 Å².